The summed E-state index contributed by atoms with van der Waals surface area (Å²) in [5.74, 6) is 2.03. The first-order valence-corrected chi connectivity index (χ1v) is 7.06. The van der Waals surface area contributed by atoms with Crippen LogP contribution in [0.2, 0.25) is 0 Å². The van der Waals surface area contributed by atoms with Crippen LogP contribution >= 0.6 is 11.8 Å². The molecule has 0 bridgehead atoms. The summed E-state index contributed by atoms with van der Waals surface area (Å²) in [6, 6.07) is 2.59. The maximum Gasteiger partial charge on any atom is 0.0689 e. The minimum absolute atomic E-state index is 0.0520. The van der Waals surface area contributed by atoms with Crippen molar-refractivity contribution < 1.29 is 0 Å². The van der Waals surface area contributed by atoms with Crippen LogP contribution in [0, 0.1) is 22.7 Å². The molecule has 1 fully saturated rings. The van der Waals surface area contributed by atoms with Crippen molar-refractivity contribution >= 4 is 11.8 Å². The Balaban J connectivity index is 2.40. The number of nitrogens with zero attached hydrogens (tertiary/aromatic N) is 1. The van der Waals surface area contributed by atoms with Gasteiger partial charge in [-0.05, 0) is 50.0 Å². The molecule has 1 saturated carbocycles. The molecule has 80 valence electrons. The zero-order valence-electron chi connectivity index (χ0n) is 9.38. The molecule has 1 nitrogen and oxygen atoms in total. The molecule has 0 radical (unpaired) electrons. The van der Waals surface area contributed by atoms with Crippen molar-refractivity contribution in [2.24, 2.45) is 11.3 Å². The second-order valence-corrected chi connectivity index (χ2v) is 5.49. The standard InChI is InChI=1S/C12H21NS/c1-3-11-5-7-12(9-11,10-13)6-4-8-14-2/h11H,3-9H2,1-2H3. The average Bonchev–Trinajstić information content (AvgIpc) is 2.63. The van der Waals surface area contributed by atoms with Gasteiger partial charge in [-0.1, -0.05) is 13.3 Å². The van der Waals surface area contributed by atoms with Crippen LogP contribution in [0.1, 0.15) is 45.4 Å². The monoisotopic (exact) mass is 211 g/mol. The van der Waals surface area contributed by atoms with Gasteiger partial charge in [0.2, 0.25) is 0 Å². The highest BCUT2D eigenvalue weighted by atomic mass is 32.2. The molecule has 0 aromatic heterocycles. The number of hydrogen-bond donors (Lipinski definition) is 0. The fraction of sp³-hybridized carbons (Fsp3) is 0.917. The molecule has 2 unspecified atom stereocenters. The van der Waals surface area contributed by atoms with E-state index < -0.39 is 0 Å². The molecular weight excluding hydrogens is 190 g/mol. The van der Waals surface area contributed by atoms with E-state index >= 15 is 0 Å². The van der Waals surface area contributed by atoms with E-state index in [9.17, 15) is 5.26 Å². The second-order valence-electron chi connectivity index (χ2n) is 4.51. The van der Waals surface area contributed by atoms with Gasteiger partial charge in [-0.3, -0.25) is 0 Å². The Morgan fingerprint density at radius 3 is 2.86 bits per heavy atom. The lowest BCUT2D eigenvalue weighted by molar-refractivity contribution is 0.352. The van der Waals surface area contributed by atoms with Gasteiger partial charge >= 0.3 is 0 Å². The van der Waals surface area contributed by atoms with Crippen molar-refractivity contribution in [2.45, 2.75) is 45.4 Å². The predicted octanol–water partition coefficient (Wildman–Crippen LogP) is 3.85. The van der Waals surface area contributed by atoms with Crippen LogP contribution < -0.4 is 0 Å². The summed E-state index contributed by atoms with van der Waals surface area (Å²) < 4.78 is 0. The third-order valence-electron chi connectivity index (χ3n) is 3.53. The zero-order valence-corrected chi connectivity index (χ0v) is 10.2. The molecule has 2 heteroatoms. The van der Waals surface area contributed by atoms with Crippen molar-refractivity contribution in [1.82, 2.24) is 0 Å². The van der Waals surface area contributed by atoms with Crippen LogP contribution in [-0.2, 0) is 0 Å². The summed E-state index contributed by atoms with van der Waals surface area (Å²) in [5.41, 5.74) is 0.0520. The average molecular weight is 211 g/mol. The molecule has 1 aliphatic rings. The van der Waals surface area contributed by atoms with Gasteiger partial charge in [-0.25, -0.2) is 0 Å². The van der Waals surface area contributed by atoms with Crippen LogP contribution in [0.25, 0.3) is 0 Å². The van der Waals surface area contributed by atoms with Crippen LogP contribution in [0.4, 0.5) is 0 Å². The Hall–Kier alpha value is -0.160. The Kier molecular flexibility index (Phi) is 4.81. The van der Waals surface area contributed by atoms with E-state index in [1.54, 1.807) is 0 Å². The topological polar surface area (TPSA) is 23.8 Å². The Morgan fingerprint density at radius 1 is 1.57 bits per heavy atom. The molecule has 1 rings (SSSR count). The molecule has 0 aromatic carbocycles. The van der Waals surface area contributed by atoms with Gasteiger partial charge in [-0.15, -0.1) is 0 Å². The van der Waals surface area contributed by atoms with Crippen molar-refractivity contribution in [3.05, 3.63) is 0 Å². The largest absolute Gasteiger partial charge is 0.198 e. The Bertz CT molecular complexity index is 209. The summed E-state index contributed by atoms with van der Waals surface area (Å²) in [4.78, 5) is 0. The third kappa shape index (κ3) is 2.92. The molecule has 2 atom stereocenters. The van der Waals surface area contributed by atoms with Crippen LogP contribution in [-0.4, -0.2) is 12.0 Å². The van der Waals surface area contributed by atoms with E-state index in [4.69, 9.17) is 0 Å². The molecule has 0 N–H and O–H groups in total. The van der Waals surface area contributed by atoms with Gasteiger partial charge in [-0.2, -0.15) is 17.0 Å². The highest BCUT2D eigenvalue weighted by molar-refractivity contribution is 7.98. The first kappa shape index (κ1) is 11.9. The Morgan fingerprint density at radius 2 is 2.36 bits per heavy atom. The fourth-order valence-electron chi connectivity index (χ4n) is 2.52. The van der Waals surface area contributed by atoms with Crippen molar-refractivity contribution in [3.8, 4) is 6.07 Å². The molecule has 0 spiro atoms. The first-order chi connectivity index (χ1) is 6.76. The van der Waals surface area contributed by atoms with E-state index in [2.05, 4.69) is 19.2 Å². The van der Waals surface area contributed by atoms with Gasteiger partial charge in [0.05, 0.1) is 11.5 Å². The van der Waals surface area contributed by atoms with Crippen molar-refractivity contribution in [3.63, 3.8) is 0 Å². The maximum absolute atomic E-state index is 9.27. The highest BCUT2D eigenvalue weighted by Crippen LogP contribution is 2.45. The smallest absolute Gasteiger partial charge is 0.0689 e. The van der Waals surface area contributed by atoms with Gasteiger partial charge in [0.15, 0.2) is 0 Å². The Labute approximate surface area is 92.3 Å². The van der Waals surface area contributed by atoms with Crippen molar-refractivity contribution in [2.75, 3.05) is 12.0 Å². The highest BCUT2D eigenvalue weighted by Gasteiger charge is 2.37. The number of thioether (sulfide) groups is 1. The molecule has 1 aliphatic carbocycles. The van der Waals surface area contributed by atoms with E-state index in [1.165, 1.54) is 25.0 Å². The number of hydrogen-bond acceptors (Lipinski definition) is 2. The van der Waals surface area contributed by atoms with Gasteiger partial charge in [0, 0.05) is 0 Å². The van der Waals surface area contributed by atoms with Crippen molar-refractivity contribution in [1.29, 1.82) is 5.26 Å². The SMILES string of the molecule is CCC1CCC(C#N)(CCCSC)C1. The normalized spacial score (nSPS) is 31.6. The van der Waals surface area contributed by atoms with E-state index in [1.807, 2.05) is 11.8 Å². The predicted molar refractivity (Wildman–Crippen MR) is 63.3 cm³/mol. The molecule has 14 heavy (non-hydrogen) atoms. The van der Waals surface area contributed by atoms with Crippen LogP contribution in [0.15, 0.2) is 0 Å². The fourth-order valence-corrected chi connectivity index (χ4v) is 2.96. The lowest BCUT2D eigenvalue weighted by atomic mass is 9.82. The number of rotatable bonds is 5. The van der Waals surface area contributed by atoms with E-state index in [0.717, 1.165) is 25.2 Å². The first-order valence-electron chi connectivity index (χ1n) is 5.66. The summed E-state index contributed by atoms with van der Waals surface area (Å²) in [7, 11) is 0. The minimum atomic E-state index is 0.0520. The molecule has 0 amide bonds. The molecular formula is C12H21NS. The quantitative estimate of drug-likeness (QED) is 0.645. The summed E-state index contributed by atoms with van der Waals surface area (Å²) >= 11 is 1.89. The molecule has 0 aliphatic heterocycles. The van der Waals surface area contributed by atoms with Gasteiger partial charge < -0.3 is 0 Å². The molecule has 0 heterocycles. The molecule has 0 saturated heterocycles. The third-order valence-corrected chi connectivity index (χ3v) is 4.23. The second kappa shape index (κ2) is 5.66. The summed E-state index contributed by atoms with van der Waals surface area (Å²) in [6.45, 7) is 2.25. The van der Waals surface area contributed by atoms with E-state index in [0.29, 0.717) is 0 Å². The maximum atomic E-state index is 9.27. The minimum Gasteiger partial charge on any atom is -0.198 e. The van der Waals surface area contributed by atoms with Gasteiger partial charge in [0.1, 0.15) is 0 Å². The summed E-state index contributed by atoms with van der Waals surface area (Å²) in [5, 5.41) is 9.27. The lowest BCUT2D eigenvalue weighted by Gasteiger charge is -2.20. The number of nitriles is 1. The molecule has 0 aromatic rings. The summed E-state index contributed by atoms with van der Waals surface area (Å²) in [6.07, 6.45) is 9.33. The van der Waals surface area contributed by atoms with Crippen LogP contribution in [0.5, 0.6) is 0 Å². The van der Waals surface area contributed by atoms with Crippen LogP contribution in [0.3, 0.4) is 0 Å². The van der Waals surface area contributed by atoms with Gasteiger partial charge in [0.25, 0.3) is 0 Å². The van der Waals surface area contributed by atoms with E-state index in [-0.39, 0.29) is 5.41 Å². The lowest BCUT2D eigenvalue weighted by Crippen LogP contribution is -2.14. The zero-order chi connectivity index (χ0) is 10.4.